The van der Waals surface area contributed by atoms with Crippen LogP contribution in [-0.2, 0) is 0 Å². The van der Waals surface area contributed by atoms with Gasteiger partial charge in [-0.3, -0.25) is 4.79 Å². The van der Waals surface area contributed by atoms with E-state index in [4.69, 9.17) is 5.73 Å². The smallest absolute Gasteiger partial charge is 0.293 e. The number of benzene rings is 1. The highest BCUT2D eigenvalue weighted by Gasteiger charge is 2.32. The predicted octanol–water partition coefficient (Wildman–Crippen LogP) is 2.66. The Bertz CT molecular complexity index is 902. The number of nitrogens with two attached hydrogens (primary N) is 1. The van der Waals surface area contributed by atoms with E-state index in [0.29, 0.717) is 17.0 Å². The van der Waals surface area contributed by atoms with Crippen molar-refractivity contribution in [2.75, 3.05) is 18.0 Å². The molecule has 2 heterocycles. The number of aromatic hydroxyl groups is 1. The van der Waals surface area contributed by atoms with E-state index in [1.165, 1.54) is 12.1 Å². The second-order valence-electron chi connectivity index (χ2n) is 7.56. The van der Waals surface area contributed by atoms with Crippen LogP contribution >= 0.6 is 0 Å². The van der Waals surface area contributed by atoms with Crippen molar-refractivity contribution < 1.29 is 9.50 Å². The molecule has 1 aliphatic heterocycles. The Morgan fingerprint density at radius 1 is 1.32 bits per heavy atom. The summed E-state index contributed by atoms with van der Waals surface area (Å²) in [5.74, 6) is -0.278. The Kier molecular flexibility index (Phi) is 3.76. The van der Waals surface area contributed by atoms with Gasteiger partial charge in [-0.1, -0.05) is 0 Å². The number of aromatic nitrogens is 1. The second-order valence-corrected chi connectivity index (χ2v) is 7.56. The number of nitrogens with zero attached hydrogens (tertiary/aromatic N) is 2. The van der Waals surface area contributed by atoms with E-state index in [9.17, 15) is 14.3 Å². The molecule has 1 unspecified atom stereocenters. The first-order valence-corrected chi connectivity index (χ1v) is 8.96. The van der Waals surface area contributed by atoms with Gasteiger partial charge in [-0.05, 0) is 56.7 Å². The molecule has 2 atom stereocenters. The highest BCUT2D eigenvalue weighted by molar-refractivity contribution is 5.89. The maximum Gasteiger partial charge on any atom is 0.293 e. The lowest BCUT2D eigenvalue weighted by Gasteiger charge is -2.25. The monoisotopic (exact) mass is 345 g/mol. The van der Waals surface area contributed by atoms with Crippen molar-refractivity contribution in [1.29, 1.82) is 0 Å². The van der Waals surface area contributed by atoms with Gasteiger partial charge in [0.15, 0.2) is 5.75 Å². The third-order valence-electron chi connectivity index (χ3n) is 5.66. The van der Waals surface area contributed by atoms with Crippen molar-refractivity contribution in [3.8, 4) is 5.75 Å². The van der Waals surface area contributed by atoms with Crippen LogP contribution in [0.15, 0.2) is 16.9 Å². The SMILES string of the molecule is Cc1c(N2CCC([C@H](C)N)C2)c(F)cc2cc(O)c(=O)n(C3CC3)c12. The van der Waals surface area contributed by atoms with Gasteiger partial charge in [0, 0.05) is 30.6 Å². The van der Waals surface area contributed by atoms with Crippen molar-refractivity contribution in [3.63, 3.8) is 0 Å². The number of anilines is 1. The first-order valence-electron chi connectivity index (χ1n) is 8.96. The van der Waals surface area contributed by atoms with Crippen molar-refractivity contribution in [1.82, 2.24) is 4.57 Å². The quantitative estimate of drug-likeness (QED) is 0.897. The minimum Gasteiger partial charge on any atom is -0.503 e. The summed E-state index contributed by atoms with van der Waals surface area (Å²) in [6.45, 7) is 5.36. The molecule has 0 spiro atoms. The molecule has 0 amide bonds. The molecule has 4 rings (SSSR count). The minimum absolute atomic E-state index is 0.0791. The maximum absolute atomic E-state index is 14.9. The summed E-state index contributed by atoms with van der Waals surface area (Å²) >= 11 is 0. The first kappa shape index (κ1) is 16.4. The number of halogens is 1. The van der Waals surface area contributed by atoms with Crippen molar-refractivity contribution in [3.05, 3.63) is 33.9 Å². The van der Waals surface area contributed by atoms with Gasteiger partial charge in [0.2, 0.25) is 0 Å². The Labute approximate surface area is 145 Å². The second kappa shape index (κ2) is 5.73. The lowest BCUT2D eigenvalue weighted by Crippen LogP contribution is -2.30. The van der Waals surface area contributed by atoms with Crippen LogP contribution in [0.2, 0.25) is 0 Å². The summed E-state index contributed by atoms with van der Waals surface area (Å²) < 4.78 is 16.6. The standard InChI is InChI=1S/C19H24FN3O2/c1-10-17-13(8-16(24)19(25)23(17)14-3-4-14)7-15(20)18(10)22-6-5-12(9-22)11(2)21/h7-8,11-12,14,24H,3-6,9,21H2,1-2H3/t11-,12?/m0/s1. The first-order chi connectivity index (χ1) is 11.9. The molecule has 0 bridgehead atoms. The van der Waals surface area contributed by atoms with Gasteiger partial charge < -0.3 is 20.3 Å². The molecular formula is C19H24FN3O2. The lowest BCUT2D eigenvalue weighted by molar-refractivity contribution is 0.460. The molecule has 6 heteroatoms. The van der Waals surface area contributed by atoms with Crippen LogP contribution in [0.25, 0.3) is 10.9 Å². The Balaban J connectivity index is 1.91. The molecule has 25 heavy (non-hydrogen) atoms. The van der Waals surface area contributed by atoms with Crippen LogP contribution in [0.1, 0.15) is 37.8 Å². The van der Waals surface area contributed by atoms with Gasteiger partial charge in [-0.2, -0.15) is 0 Å². The Morgan fingerprint density at radius 2 is 2.04 bits per heavy atom. The molecule has 2 aromatic rings. The molecule has 1 aliphatic carbocycles. The van der Waals surface area contributed by atoms with Crippen LogP contribution in [0.3, 0.4) is 0 Å². The highest BCUT2D eigenvalue weighted by Crippen LogP contribution is 2.40. The molecule has 0 radical (unpaired) electrons. The summed E-state index contributed by atoms with van der Waals surface area (Å²) in [7, 11) is 0. The summed E-state index contributed by atoms with van der Waals surface area (Å²) in [6, 6.07) is 3.00. The van der Waals surface area contributed by atoms with E-state index in [2.05, 4.69) is 0 Å². The van der Waals surface area contributed by atoms with Gasteiger partial charge in [0.05, 0.1) is 11.2 Å². The average molecular weight is 345 g/mol. The molecule has 2 aliphatic rings. The molecule has 134 valence electrons. The Morgan fingerprint density at radius 3 is 2.64 bits per heavy atom. The van der Waals surface area contributed by atoms with Crippen LogP contribution in [0, 0.1) is 18.7 Å². The number of hydrogen-bond donors (Lipinski definition) is 2. The van der Waals surface area contributed by atoms with Gasteiger partial charge >= 0.3 is 0 Å². The zero-order chi connectivity index (χ0) is 17.9. The van der Waals surface area contributed by atoms with Crippen LogP contribution in [-0.4, -0.2) is 28.8 Å². The molecule has 5 nitrogen and oxygen atoms in total. The number of pyridine rings is 1. The van der Waals surface area contributed by atoms with Crippen LogP contribution < -0.4 is 16.2 Å². The fourth-order valence-corrected chi connectivity index (χ4v) is 4.13. The van der Waals surface area contributed by atoms with Crippen molar-refractivity contribution >= 4 is 16.6 Å². The molecule has 1 aromatic carbocycles. The van der Waals surface area contributed by atoms with Gasteiger partial charge in [-0.25, -0.2) is 4.39 Å². The van der Waals surface area contributed by atoms with E-state index < -0.39 is 0 Å². The normalized spacial score (nSPS) is 21.9. The molecule has 1 saturated carbocycles. The number of fused-ring (bicyclic) bond motifs is 1. The number of hydrogen-bond acceptors (Lipinski definition) is 4. The Hall–Kier alpha value is -2.08. The van der Waals surface area contributed by atoms with E-state index in [0.717, 1.165) is 43.4 Å². The molecule has 2 fully saturated rings. The fourth-order valence-electron chi connectivity index (χ4n) is 4.13. The summed E-state index contributed by atoms with van der Waals surface area (Å²) in [4.78, 5) is 14.5. The van der Waals surface area contributed by atoms with Crippen molar-refractivity contribution in [2.45, 2.75) is 45.2 Å². The lowest BCUT2D eigenvalue weighted by atomic mass is 10.0. The molecule has 1 saturated heterocycles. The van der Waals surface area contributed by atoms with Gasteiger partial charge in [0.25, 0.3) is 5.56 Å². The minimum atomic E-state index is -0.384. The third-order valence-corrected chi connectivity index (χ3v) is 5.66. The summed E-state index contributed by atoms with van der Waals surface area (Å²) in [6.07, 6.45) is 2.78. The topological polar surface area (TPSA) is 71.5 Å². The van der Waals surface area contributed by atoms with E-state index in [1.807, 2.05) is 18.7 Å². The largest absolute Gasteiger partial charge is 0.503 e. The molecule has 1 aromatic heterocycles. The third kappa shape index (κ3) is 2.59. The van der Waals surface area contributed by atoms with Gasteiger partial charge in [-0.15, -0.1) is 0 Å². The highest BCUT2D eigenvalue weighted by atomic mass is 19.1. The molecule has 3 N–H and O–H groups in total. The van der Waals surface area contributed by atoms with Crippen molar-refractivity contribution in [2.24, 2.45) is 11.7 Å². The van der Waals surface area contributed by atoms with Gasteiger partial charge in [0.1, 0.15) is 5.82 Å². The van der Waals surface area contributed by atoms with E-state index in [-0.39, 0.29) is 29.2 Å². The fraction of sp³-hybridized carbons (Fsp3) is 0.526. The maximum atomic E-state index is 14.9. The summed E-state index contributed by atoms with van der Waals surface area (Å²) in [5.41, 5.74) is 7.71. The zero-order valence-electron chi connectivity index (χ0n) is 14.6. The van der Waals surface area contributed by atoms with E-state index >= 15 is 0 Å². The number of aryl methyl sites for hydroxylation is 1. The zero-order valence-corrected chi connectivity index (χ0v) is 14.6. The average Bonchev–Trinajstić information content (AvgIpc) is 3.26. The predicted molar refractivity (Wildman–Crippen MR) is 96.8 cm³/mol. The van der Waals surface area contributed by atoms with Crippen LogP contribution in [0.5, 0.6) is 5.75 Å². The summed E-state index contributed by atoms with van der Waals surface area (Å²) in [5, 5.41) is 10.5. The molecular weight excluding hydrogens is 321 g/mol. The van der Waals surface area contributed by atoms with E-state index in [1.54, 1.807) is 4.57 Å². The van der Waals surface area contributed by atoms with Crippen LogP contribution in [0.4, 0.5) is 10.1 Å². The number of rotatable bonds is 3.